The summed E-state index contributed by atoms with van der Waals surface area (Å²) in [4.78, 5) is 29.8. The molecule has 1 amide bonds. The largest absolute Gasteiger partial charge is 0.453 e. The number of methoxy groups -OCH3 is 1. The minimum atomic E-state index is -4.60. The van der Waals surface area contributed by atoms with E-state index in [2.05, 4.69) is 26.0 Å². The van der Waals surface area contributed by atoms with Crippen LogP contribution in [0.5, 0.6) is 0 Å². The van der Waals surface area contributed by atoms with Gasteiger partial charge in [-0.15, -0.1) is 0 Å². The van der Waals surface area contributed by atoms with Crippen LogP contribution in [0.3, 0.4) is 0 Å². The van der Waals surface area contributed by atoms with E-state index in [1.165, 1.54) is 18.2 Å². The van der Waals surface area contributed by atoms with Gasteiger partial charge < -0.3 is 29.0 Å². The Morgan fingerprint density at radius 2 is 1.75 bits per heavy atom. The number of ether oxygens (including phenoxy) is 2. The normalized spacial score (nSPS) is 35.7. The molecule has 53 heavy (non-hydrogen) atoms. The number of aliphatic hydroxyl groups excluding tert-OH is 1. The predicted octanol–water partition coefficient (Wildman–Crippen LogP) is 8.89. The molecule has 6 aliphatic rings. The van der Waals surface area contributed by atoms with Gasteiger partial charge in [0.05, 0.1) is 35.4 Å². The second kappa shape index (κ2) is 13.3. The predicted molar refractivity (Wildman–Crippen MR) is 192 cm³/mol. The minimum absolute atomic E-state index is 0.00656. The molecule has 1 aromatic heterocycles. The van der Waals surface area contributed by atoms with E-state index in [0.29, 0.717) is 63.7 Å². The van der Waals surface area contributed by atoms with Crippen LogP contribution in [0.1, 0.15) is 88.3 Å². The number of allylic oxidation sites excluding steroid dienone is 4. The molecule has 8 unspecified atom stereocenters. The monoisotopic (exact) mass is 759 g/mol. The van der Waals surface area contributed by atoms with Crippen LogP contribution in [0, 0.1) is 33.5 Å². The van der Waals surface area contributed by atoms with Gasteiger partial charge in [-0.3, -0.25) is 4.79 Å². The average Bonchev–Trinajstić information content (AvgIpc) is 3.70. The molecule has 3 fully saturated rings. The van der Waals surface area contributed by atoms with Crippen LogP contribution < -0.4 is 0 Å². The maximum Gasteiger partial charge on any atom is 0.416 e. The van der Waals surface area contributed by atoms with Crippen molar-refractivity contribution >= 4 is 23.5 Å². The topological polar surface area (TPSA) is 109 Å². The molecule has 2 spiro atoms. The van der Waals surface area contributed by atoms with Gasteiger partial charge in [-0.2, -0.15) is 13.2 Å². The number of amides is 1. The fraction of sp³-hybridized carbons (Fsp3) is 0.610. The Bertz CT molecular complexity index is 1840. The van der Waals surface area contributed by atoms with Crippen LogP contribution in [0.4, 0.5) is 18.0 Å². The van der Waals surface area contributed by atoms with Crippen LogP contribution in [0.2, 0.25) is 5.02 Å². The van der Waals surface area contributed by atoms with Gasteiger partial charge >= 0.3 is 12.3 Å². The van der Waals surface area contributed by atoms with Crippen LogP contribution >= 0.6 is 11.6 Å². The molecule has 8 nitrogen and oxygen atoms in total. The van der Waals surface area contributed by atoms with E-state index in [-0.39, 0.29) is 58.3 Å². The van der Waals surface area contributed by atoms with Gasteiger partial charge in [0.2, 0.25) is 5.78 Å². The third kappa shape index (κ3) is 5.73. The molecule has 2 bridgehead atoms. The summed E-state index contributed by atoms with van der Waals surface area (Å²) in [6, 6.07) is 5.95. The SMILES string of the molecule is CCOC(=O)N(CCCOC)CC1(O)CCC2C34C=CC5(C=C3C(=O)c3ccc(-c6cc(C(F)(F)F)ccc6Cl)o3)CC(O)CCC5(C)C4CCC21C. The first-order valence-corrected chi connectivity index (χ1v) is 19.1. The maximum atomic E-state index is 15.0. The van der Waals surface area contributed by atoms with Crippen molar-refractivity contribution < 1.29 is 46.9 Å². The third-order valence-electron chi connectivity index (χ3n) is 14.1. The number of halogens is 4. The zero-order chi connectivity index (χ0) is 38.2. The first-order valence-electron chi connectivity index (χ1n) is 18.7. The number of hydrogen-bond acceptors (Lipinski definition) is 7. The molecule has 2 aromatic rings. The molecule has 8 atom stereocenters. The summed E-state index contributed by atoms with van der Waals surface area (Å²) in [6.07, 6.45) is 5.65. The number of nitrogens with zero attached hydrogens (tertiary/aromatic N) is 1. The molecule has 1 aromatic carbocycles. The number of ketones is 1. The summed E-state index contributed by atoms with van der Waals surface area (Å²) in [5.41, 5.74) is -3.98. The molecule has 12 heteroatoms. The standard InChI is InChI=1S/C41H49ClF3NO7/c1-5-52-35(49)46(19-6-20-51-4)24-39(50)16-13-33-37(39,3)15-12-32-36(2)14-11-26(47)22-38(36)17-18-40(32,33)28(23-38)34(48)31-10-9-30(53-31)27-21-25(41(43,44)45)7-8-29(27)42/h7-10,17-18,21,23,26,32-33,47,50H,5-6,11-16,19-20,22,24H2,1-4H3. The lowest BCUT2D eigenvalue weighted by Gasteiger charge is -2.71. The fourth-order valence-corrected chi connectivity index (χ4v) is 11.6. The summed E-state index contributed by atoms with van der Waals surface area (Å²) in [5.74, 6) is -0.532. The number of fused-ring (bicyclic) bond motifs is 1. The molecule has 288 valence electrons. The van der Waals surface area contributed by atoms with Gasteiger partial charge in [0, 0.05) is 47.6 Å². The summed E-state index contributed by atoms with van der Waals surface area (Å²) >= 11 is 6.36. The van der Waals surface area contributed by atoms with E-state index in [1.54, 1.807) is 18.9 Å². The highest BCUT2D eigenvalue weighted by Gasteiger charge is 2.74. The zero-order valence-electron chi connectivity index (χ0n) is 30.7. The first kappa shape index (κ1) is 38.2. The van der Waals surface area contributed by atoms with Crippen molar-refractivity contribution in [1.82, 2.24) is 4.90 Å². The summed E-state index contributed by atoms with van der Waals surface area (Å²) in [5, 5.41) is 23.8. The summed E-state index contributed by atoms with van der Waals surface area (Å²) in [7, 11) is 1.60. The molecule has 6 aliphatic carbocycles. The van der Waals surface area contributed by atoms with Gasteiger partial charge in [-0.25, -0.2) is 4.79 Å². The molecular weight excluding hydrogens is 711 g/mol. The molecule has 1 heterocycles. The maximum absolute atomic E-state index is 15.0. The molecule has 2 N–H and O–H groups in total. The second-order valence-electron chi connectivity index (χ2n) is 16.5. The van der Waals surface area contributed by atoms with E-state index < -0.39 is 45.8 Å². The Morgan fingerprint density at radius 1 is 1.04 bits per heavy atom. The van der Waals surface area contributed by atoms with Crippen molar-refractivity contribution in [3.63, 3.8) is 0 Å². The highest BCUT2D eigenvalue weighted by Crippen LogP contribution is 2.78. The van der Waals surface area contributed by atoms with Gasteiger partial charge in [0.1, 0.15) is 5.76 Å². The van der Waals surface area contributed by atoms with Gasteiger partial charge in [0.25, 0.3) is 0 Å². The number of aliphatic hydroxyl groups is 2. The number of furan rings is 1. The number of carbonyl (C=O) groups is 2. The number of hydrogen-bond donors (Lipinski definition) is 2. The van der Waals surface area contributed by atoms with Crippen LogP contribution in [-0.2, 0) is 15.7 Å². The number of benzene rings is 1. The Hall–Kier alpha value is -3.12. The summed E-state index contributed by atoms with van der Waals surface area (Å²) in [6.45, 7) is 7.20. The van der Waals surface area contributed by atoms with Crippen molar-refractivity contribution in [1.29, 1.82) is 0 Å². The Labute approximate surface area is 313 Å². The first-order chi connectivity index (χ1) is 25.0. The molecule has 0 aliphatic heterocycles. The van der Waals surface area contributed by atoms with E-state index in [9.17, 15) is 33.0 Å². The quantitative estimate of drug-likeness (QED) is 0.142. The van der Waals surface area contributed by atoms with Crippen molar-refractivity contribution in [3.05, 3.63) is 70.5 Å². The minimum Gasteiger partial charge on any atom is -0.453 e. The van der Waals surface area contributed by atoms with Crippen molar-refractivity contribution in [2.75, 3.05) is 33.4 Å². The van der Waals surface area contributed by atoms with Crippen LogP contribution in [-0.4, -0.2) is 72.1 Å². The average molecular weight is 760 g/mol. The Kier molecular flexibility index (Phi) is 9.56. The molecule has 8 rings (SSSR count). The lowest BCUT2D eigenvalue weighted by Crippen LogP contribution is -2.67. The summed E-state index contributed by atoms with van der Waals surface area (Å²) < 4.78 is 57.6. The molecular formula is C41H49ClF3NO7. The highest BCUT2D eigenvalue weighted by atomic mass is 35.5. The van der Waals surface area contributed by atoms with Crippen LogP contribution in [0.15, 0.2) is 58.6 Å². The molecule has 0 saturated heterocycles. The second-order valence-corrected chi connectivity index (χ2v) is 16.9. The van der Waals surface area contributed by atoms with Crippen molar-refractivity contribution in [2.45, 2.75) is 90.0 Å². The smallest absolute Gasteiger partial charge is 0.416 e. The Balaban J connectivity index is 1.30. The fourth-order valence-electron chi connectivity index (χ4n) is 11.4. The zero-order valence-corrected chi connectivity index (χ0v) is 31.5. The lowest BCUT2D eigenvalue weighted by molar-refractivity contribution is -0.175. The molecule has 0 radical (unpaired) electrons. The van der Waals surface area contributed by atoms with E-state index in [4.69, 9.17) is 25.5 Å². The number of carbonyl (C=O) groups excluding carboxylic acids is 2. The lowest BCUT2D eigenvalue weighted by atomic mass is 9.32. The third-order valence-corrected chi connectivity index (χ3v) is 14.4. The molecule has 3 saturated carbocycles. The van der Waals surface area contributed by atoms with E-state index in [1.807, 2.05) is 6.08 Å². The number of rotatable bonds is 10. The number of Topliss-reactive ketones (excluding diaryl/α,β-unsaturated/α-hetero) is 1. The van der Waals surface area contributed by atoms with Crippen molar-refractivity contribution in [2.24, 2.45) is 33.5 Å². The van der Waals surface area contributed by atoms with Gasteiger partial charge in [0.15, 0.2) is 5.76 Å². The number of alkyl halides is 3. The van der Waals surface area contributed by atoms with Crippen molar-refractivity contribution in [3.8, 4) is 11.3 Å². The highest BCUT2D eigenvalue weighted by molar-refractivity contribution is 6.33. The van der Waals surface area contributed by atoms with E-state index in [0.717, 1.165) is 18.6 Å². The van der Waals surface area contributed by atoms with E-state index >= 15 is 0 Å². The van der Waals surface area contributed by atoms with Gasteiger partial charge in [-0.05, 0) is 106 Å². The Morgan fingerprint density at radius 3 is 2.47 bits per heavy atom. The van der Waals surface area contributed by atoms with Crippen LogP contribution in [0.25, 0.3) is 11.3 Å². The van der Waals surface area contributed by atoms with Gasteiger partial charge in [-0.1, -0.05) is 43.7 Å².